The topological polar surface area (TPSA) is 47.6 Å². The van der Waals surface area contributed by atoms with Crippen molar-refractivity contribution in [2.75, 3.05) is 14.2 Å². The molecule has 1 saturated heterocycles. The van der Waals surface area contributed by atoms with Crippen molar-refractivity contribution in [1.82, 2.24) is 5.32 Å². The van der Waals surface area contributed by atoms with E-state index in [9.17, 15) is 4.79 Å². The maximum absolute atomic E-state index is 11.9. The molecule has 2 aromatic carbocycles. The summed E-state index contributed by atoms with van der Waals surface area (Å²) in [4.78, 5) is 12.4. The van der Waals surface area contributed by atoms with Gasteiger partial charge in [0.2, 0.25) is 0 Å². The molecule has 0 aromatic heterocycles. The van der Waals surface area contributed by atoms with E-state index in [0.29, 0.717) is 41.9 Å². The Morgan fingerprint density at radius 3 is 2.50 bits per heavy atom. The van der Waals surface area contributed by atoms with Crippen LogP contribution in [-0.4, -0.2) is 24.4 Å². The zero-order valence-corrected chi connectivity index (χ0v) is 16.9. The summed E-state index contributed by atoms with van der Waals surface area (Å²) in [5, 5.41) is 3.66. The van der Waals surface area contributed by atoms with Crippen LogP contribution < -0.4 is 14.8 Å². The van der Waals surface area contributed by atoms with Crippen molar-refractivity contribution in [3.05, 3.63) is 50.8 Å². The van der Waals surface area contributed by atoms with Crippen LogP contribution in [0.25, 0.3) is 17.2 Å². The highest BCUT2D eigenvalue weighted by Crippen LogP contribution is 2.43. The molecule has 0 spiro atoms. The first-order chi connectivity index (χ1) is 12.4. The van der Waals surface area contributed by atoms with Crippen LogP contribution in [0.2, 0.25) is 10.0 Å². The van der Waals surface area contributed by atoms with Crippen molar-refractivity contribution in [3.63, 3.8) is 0 Å². The highest BCUT2D eigenvalue weighted by atomic mass is 35.5. The van der Waals surface area contributed by atoms with Gasteiger partial charge in [0.15, 0.2) is 11.5 Å². The Morgan fingerprint density at radius 2 is 1.88 bits per heavy atom. The van der Waals surface area contributed by atoms with Gasteiger partial charge in [0.1, 0.15) is 4.32 Å². The number of hydrogen-bond donors (Lipinski definition) is 1. The van der Waals surface area contributed by atoms with Gasteiger partial charge in [-0.1, -0.05) is 47.2 Å². The number of ether oxygens (including phenoxy) is 2. The summed E-state index contributed by atoms with van der Waals surface area (Å²) in [5.74, 6) is 0.814. The molecule has 4 nitrogen and oxygen atoms in total. The fourth-order valence-corrected chi connectivity index (χ4v) is 3.98. The molecule has 3 rings (SSSR count). The van der Waals surface area contributed by atoms with Crippen LogP contribution >= 0.6 is 47.2 Å². The van der Waals surface area contributed by atoms with Gasteiger partial charge >= 0.3 is 0 Å². The number of carbonyl (C=O) groups excluding carboxylic acids is 1. The Hall–Kier alpha value is -1.73. The molecule has 134 valence electrons. The Balaban J connectivity index is 2.20. The molecular formula is C18H13Cl2NO3S2. The van der Waals surface area contributed by atoms with Crippen molar-refractivity contribution in [2.45, 2.75) is 0 Å². The fraction of sp³-hybridized carbons (Fsp3) is 0.111. The predicted molar refractivity (Wildman–Crippen MR) is 111 cm³/mol. The maximum atomic E-state index is 11.9. The third kappa shape index (κ3) is 3.83. The molecule has 0 atom stereocenters. The van der Waals surface area contributed by atoms with E-state index in [4.69, 9.17) is 44.9 Å². The normalized spacial score (nSPS) is 15.3. The van der Waals surface area contributed by atoms with E-state index in [1.807, 2.05) is 6.07 Å². The van der Waals surface area contributed by atoms with Gasteiger partial charge in [-0.15, -0.1) is 0 Å². The summed E-state index contributed by atoms with van der Waals surface area (Å²) >= 11 is 18.7. The average Bonchev–Trinajstić information content (AvgIpc) is 2.93. The van der Waals surface area contributed by atoms with E-state index in [-0.39, 0.29) is 5.91 Å². The number of thiocarbonyl (C=S) groups is 1. The van der Waals surface area contributed by atoms with Crippen LogP contribution in [0.5, 0.6) is 11.5 Å². The Bertz CT molecular complexity index is 944. The Kier molecular flexibility index (Phi) is 5.77. The summed E-state index contributed by atoms with van der Waals surface area (Å²) in [6, 6.07) is 8.83. The minimum Gasteiger partial charge on any atom is -0.493 e. The molecule has 0 saturated carbocycles. The molecular weight excluding hydrogens is 413 g/mol. The first-order valence-electron chi connectivity index (χ1n) is 7.39. The van der Waals surface area contributed by atoms with E-state index in [0.717, 1.165) is 5.56 Å². The largest absolute Gasteiger partial charge is 0.493 e. The third-order valence-corrected chi connectivity index (χ3v) is 5.39. The number of rotatable bonds is 4. The fourth-order valence-electron chi connectivity index (χ4n) is 2.55. The Labute approximate surface area is 170 Å². The molecule has 0 bridgehead atoms. The second-order valence-corrected chi connectivity index (χ2v) is 7.84. The molecule has 26 heavy (non-hydrogen) atoms. The molecule has 1 heterocycles. The van der Waals surface area contributed by atoms with Gasteiger partial charge in [0.25, 0.3) is 5.91 Å². The molecule has 1 amide bonds. The van der Waals surface area contributed by atoms with Crippen LogP contribution in [0, 0.1) is 0 Å². The van der Waals surface area contributed by atoms with Crippen molar-refractivity contribution in [3.8, 4) is 22.6 Å². The Morgan fingerprint density at radius 1 is 1.12 bits per heavy atom. The lowest BCUT2D eigenvalue weighted by atomic mass is 10.0. The van der Waals surface area contributed by atoms with Crippen molar-refractivity contribution < 1.29 is 14.3 Å². The zero-order chi connectivity index (χ0) is 18.8. The van der Waals surface area contributed by atoms with Crippen molar-refractivity contribution in [2.24, 2.45) is 0 Å². The number of thioether (sulfide) groups is 1. The van der Waals surface area contributed by atoms with Gasteiger partial charge in [0, 0.05) is 21.2 Å². The number of methoxy groups -OCH3 is 2. The molecule has 0 unspecified atom stereocenters. The molecule has 1 N–H and O–H groups in total. The lowest BCUT2D eigenvalue weighted by Crippen LogP contribution is -2.17. The van der Waals surface area contributed by atoms with E-state index in [1.165, 1.54) is 11.8 Å². The number of nitrogens with one attached hydrogen (secondary N) is 1. The van der Waals surface area contributed by atoms with E-state index in [2.05, 4.69) is 5.32 Å². The van der Waals surface area contributed by atoms with Gasteiger partial charge in [-0.05, 0) is 42.0 Å². The summed E-state index contributed by atoms with van der Waals surface area (Å²) < 4.78 is 11.4. The van der Waals surface area contributed by atoms with Crippen LogP contribution in [0.1, 0.15) is 5.56 Å². The number of halogens is 2. The molecule has 1 aliphatic heterocycles. The molecule has 8 heteroatoms. The first-order valence-corrected chi connectivity index (χ1v) is 9.37. The highest BCUT2D eigenvalue weighted by Gasteiger charge is 2.23. The second kappa shape index (κ2) is 7.88. The smallest absolute Gasteiger partial charge is 0.263 e. The number of carbonyl (C=O) groups is 1. The zero-order valence-electron chi connectivity index (χ0n) is 13.8. The summed E-state index contributed by atoms with van der Waals surface area (Å²) in [6.07, 6.45) is 1.74. The summed E-state index contributed by atoms with van der Waals surface area (Å²) in [7, 11) is 3.10. The quantitative estimate of drug-likeness (QED) is 0.540. The van der Waals surface area contributed by atoms with Gasteiger partial charge in [-0.2, -0.15) is 0 Å². The highest BCUT2D eigenvalue weighted by molar-refractivity contribution is 8.26. The van der Waals surface area contributed by atoms with Crippen LogP contribution in [-0.2, 0) is 4.79 Å². The van der Waals surface area contributed by atoms with Crippen LogP contribution in [0.15, 0.2) is 35.2 Å². The summed E-state index contributed by atoms with van der Waals surface area (Å²) in [6.45, 7) is 0. The minimum absolute atomic E-state index is 0.225. The molecule has 0 aliphatic carbocycles. The molecule has 1 aliphatic rings. The molecule has 1 fully saturated rings. The number of hydrogen-bond acceptors (Lipinski definition) is 5. The lowest BCUT2D eigenvalue weighted by Gasteiger charge is -2.15. The van der Waals surface area contributed by atoms with E-state index >= 15 is 0 Å². The van der Waals surface area contributed by atoms with Gasteiger partial charge in [-0.3, -0.25) is 4.79 Å². The summed E-state index contributed by atoms with van der Waals surface area (Å²) in [5.41, 5.74) is 2.15. The molecule has 0 radical (unpaired) electrons. The maximum Gasteiger partial charge on any atom is 0.263 e. The standard InChI is InChI=1S/C18H13Cl2NO3S2/c1-23-14-6-9(7-15-17(22)21-18(25)26-15)5-12(16(14)24-2)11-8-10(19)3-4-13(11)20/h3-8H,1-2H3,(H,21,22,25)/b15-7-. The number of benzene rings is 2. The first kappa shape index (κ1) is 19.0. The van der Waals surface area contributed by atoms with Crippen molar-refractivity contribution in [1.29, 1.82) is 0 Å². The minimum atomic E-state index is -0.225. The van der Waals surface area contributed by atoms with Crippen LogP contribution in [0.4, 0.5) is 0 Å². The third-order valence-electron chi connectivity index (χ3n) is 3.66. The van der Waals surface area contributed by atoms with E-state index in [1.54, 1.807) is 44.6 Å². The second-order valence-electron chi connectivity index (χ2n) is 5.28. The van der Waals surface area contributed by atoms with Crippen molar-refractivity contribution >= 4 is 63.5 Å². The van der Waals surface area contributed by atoms with E-state index < -0.39 is 0 Å². The number of amides is 1. The predicted octanol–water partition coefficient (Wildman–Crippen LogP) is 5.17. The SMILES string of the molecule is COc1cc(/C=C2\SC(=S)NC2=O)cc(-c2cc(Cl)ccc2Cl)c1OC. The van der Waals surface area contributed by atoms with Gasteiger partial charge in [0.05, 0.1) is 19.1 Å². The lowest BCUT2D eigenvalue weighted by molar-refractivity contribution is -0.115. The van der Waals surface area contributed by atoms with Gasteiger partial charge < -0.3 is 14.8 Å². The average molecular weight is 426 g/mol. The van der Waals surface area contributed by atoms with Crippen LogP contribution in [0.3, 0.4) is 0 Å². The molecule has 2 aromatic rings. The monoisotopic (exact) mass is 425 g/mol. The van der Waals surface area contributed by atoms with Gasteiger partial charge in [-0.25, -0.2) is 0 Å².